The van der Waals surface area contributed by atoms with Gasteiger partial charge in [0.2, 0.25) is 0 Å². The maximum absolute atomic E-state index is 11.7. The fourth-order valence-electron chi connectivity index (χ4n) is 2.37. The van der Waals surface area contributed by atoms with E-state index in [2.05, 4.69) is 5.32 Å². The van der Waals surface area contributed by atoms with E-state index in [4.69, 9.17) is 19.9 Å². The van der Waals surface area contributed by atoms with Crippen LogP contribution in [0.2, 0.25) is 0 Å². The van der Waals surface area contributed by atoms with E-state index in [9.17, 15) is 9.90 Å². The lowest BCUT2D eigenvalue weighted by Gasteiger charge is -2.18. The molecular formula is C19H32N2O5. The number of hydrogen-bond acceptors (Lipinski definition) is 6. The molecule has 1 amide bonds. The number of nitrogens with one attached hydrogen (secondary N) is 1. The van der Waals surface area contributed by atoms with Crippen molar-refractivity contribution in [3.8, 4) is 5.75 Å². The monoisotopic (exact) mass is 368 g/mol. The highest BCUT2D eigenvalue weighted by Gasteiger charge is 2.15. The Balaban J connectivity index is 2.62. The molecule has 1 aromatic carbocycles. The van der Waals surface area contributed by atoms with Gasteiger partial charge in [-0.05, 0) is 44.9 Å². The molecule has 7 heteroatoms. The lowest BCUT2D eigenvalue weighted by atomic mass is 10.0. The van der Waals surface area contributed by atoms with E-state index in [1.807, 2.05) is 20.8 Å². The van der Waals surface area contributed by atoms with Crippen molar-refractivity contribution < 1.29 is 24.1 Å². The summed E-state index contributed by atoms with van der Waals surface area (Å²) in [5.41, 5.74) is 6.31. The number of amides is 1. The Kier molecular flexibility index (Phi) is 10.9. The minimum Gasteiger partial charge on any atom is -0.490 e. The van der Waals surface area contributed by atoms with Gasteiger partial charge in [0.1, 0.15) is 12.4 Å². The summed E-state index contributed by atoms with van der Waals surface area (Å²) in [7, 11) is 0. The summed E-state index contributed by atoms with van der Waals surface area (Å²) in [6, 6.07) is 5.19. The summed E-state index contributed by atoms with van der Waals surface area (Å²) >= 11 is 0. The van der Waals surface area contributed by atoms with Gasteiger partial charge in [0.15, 0.2) is 0 Å². The van der Waals surface area contributed by atoms with Crippen molar-refractivity contribution in [3.63, 3.8) is 0 Å². The molecule has 0 aliphatic carbocycles. The second-order valence-corrected chi connectivity index (χ2v) is 5.98. The van der Waals surface area contributed by atoms with Crippen molar-refractivity contribution in [1.82, 2.24) is 5.32 Å². The van der Waals surface area contributed by atoms with Gasteiger partial charge >= 0.3 is 0 Å². The van der Waals surface area contributed by atoms with Crippen LogP contribution in [0.5, 0.6) is 5.75 Å². The van der Waals surface area contributed by atoms with Gasteiger partial charge in [-0.25, -0.2) is 0 Å². The van der Waals surface area contributed by atoms with Crippen molar-refractivity contribution in [2.75, 3.05) is 39.6 Å². The molecule has 0 aromatic heterocycles. The number of carbonyl (C=O) groups is 1. The number of benzene rings is 1. The number of hydrogen-bond donors (Lipinski definition) is 3. The van der Waals surface area contributed by atoms with E-state index in [0.717, 1.165) is 6.42 Å². The highest BCUT2D eigenvalue weighted by atomic mass is 16.5. The van der Waals surface area contributed by atoms with Crippen LogP contribution in [-0.2, 0) is 9.47 Å². The molecular weight excluding hydrogens is 336 g/mol. The van der Waals surface area contributed by atoms with Gasteiger partial charge in [0, 0.05) is 32.4 Å². The summed E-state index contributed by atoms with van der Waals surface area (Å²) < 4.78 is 16.1. The number of primary amides is 1. The number of nitrogens with two attached hydrogens (primary N) is 1. The Morgan fingerprint density at radius 3 is 2.54 bits per heavy atom. The minimum absolute atomic E-state index is 0.216. The summed E-state index contributed by atoms with van der Waals surface area (Å²) in [4.78, 5) is 11.7. The van der Waals surface area contributed by atoms with Gasteiger partial charge in [0.25, 0.3) is 5.91 Å². The Hall–Kier alpha value is -1.67. The molecule has 0 saturated heterocycles. The molecule has 7 nitrogen and oxygen atoms in total. The fraction of sp³-hybridized carbons (Fsp3) is 0.632. The average Bonchev–Trinajstić information content (AvgIpc) is 2.63. The smallest absolute Gasteiger partial charge is 0.252 e. The molecule has 0 aliphatic rings. The number of aliphatic hydroxyl groups excluding tert-OH is 1. The predicted octanol–water partition coefficient (Wildman–Crippen LogP) is 1.64. The molecule has 0 spiro atoms. The first kappa shape index (κ1) is 22.4. The molecule has 1 aromatic rings. The number of aliphatic hydroxyl groups is 1. The van der Waals surface area contributed by atoms with Crippen LogP contribution in [0, 0.1) is 0 Å². The van der Waals surface area contributed by atoms with Crippen LogP contribution in [0.4, 0.5) is 0 Å². The normalized spacial score (nSPS) is 13.4. The Morgan fingerprint density at radius 1 is 1.19 bits per heavy atom. The third-order valence-corrected chi connectivity index (χ3v) is 3.90. The van der Waals surface area contributed by atoms with Crippen LogP contribution in [0.3, 0.4) is 0 Å². The van der Waals surface area contributed by atoms with Crippen LogP contribution in [0.15, 0.2) is 18.2 Å². The number of rotatable bonds is 14. The standard InChI is InChI=1S/C19H32N2O5/c1-4-24-9-8-14(3)21-13-17(22)15-6-7-18(16(12-15)19(20)23)26-11-10-25-5-2/h6-7,12,14,17,21-22H,4-5,8-11,13H2,1-3H3,(H2,20,23). The highest BCUT2D eigenvalue weighted by Crippen LogP contribution is 2.23. The maximum atomic E-state index is 11.7. The topological polar surface area (TPSA) is 103 Å². The first-order valence-corrected chi connectivity index (χ1v) is 9.13. The zero-order chi connectivity index (χ0) is 19.4. The van der Waals surface area contributed by atoms with Crippen molar-refractivity contribution in [2.45, 2.75) is 39.3 Å². The van der Waals surface area contributed by atoms with Crippen LogP contribution >= 0.6 is 0 Å². The van der Waals surface area contributed by atoms with Gasteiger partial charge < -0.3 is 30.4 Å². The quantitative estimate of drug-likeness (QED) is 0.431. The second kappa shape index (κ2) is 12.6. The lowest BCUT2D eigenvalue weighted by molar-refractivity contribution is 0.0978. The summed E-state index contributed by atoms with van der Waals surface area (Å²) in [6.45, 7) is 9.01. The summed E-state index contributed by atoms with van der Waals surface area (Å²) in [6.07, 6.45) is 0.111. The van der Waals surface area contributed by atoms with E-state index in [0.29, 0.717) is 50.9 Å². The van der Waals surface area contributed by atoms with Gasteiger partial charge in [-0.2, -0.15) is 0 Å². The van der Waals surface area contributed by atoms with Crippen LogP contribution in [0.25, 0.3) is 0 Å². The first-order valence-electron chi connectivity index (χ1n) is 9.13. The lowest BCUT2D eigenvalue weighted by Crippen LogP contribution is -2.31. The largest absolute Gasteiger partial charge is 0.490 e. The highest BCUT2D eigenvalue weighted by molar-refractivity contribution is 5.95. The van der Waals surface area contributed by atoms with E-state index < -0.39 is 12.0 Å². The van der Waals surface area contributed by atoms with Gasteiger partial charge in [-0.15, -0.1) is 0 Å². The number of ether oxygens (including phenoxy) is 3. The third-order valence-electron chi connectivity index (χ3n) is 3.90. The average molecular weight is 368 g/mol. The minimum atomic E-state index is -0.750. The van der Waals surface area contributed by atoms with Crippen LogP contribution < -0.4 is 15.8 Å². The zero-order valence-corrected chi connectivity index (χ0v) is 16.0. The number of carbonyl (C=O) groups excluding carboxylic acids is 1. The predicted molar refractivity (Wildman–Crippen MR) is 100 cm³/mol. The van der Waals surface area contributed by atoms with Crippen molar-refractivity contribution in [2.24, 2.45) is 5.73 Å². The summed E-state index contributed by atoms with van der Waals surface area (Å²) in [5.74, 6) is -0.199. The molecule has 2 atom stereocenters. The van der Waals surface area contributed by atoms with E-state index >= 15 is 0 Å². The Labute approximate surface area is 155 Å². The van der Waals surface area contributed by atoms with Crippen molar-refractivity contribution in [3.05, 3.63) is 29.3 Å². The van der Waals surface area contributed by atoms with Crippen molar-refractivity contribution >= 4 is 5.91 Å². The van der Waals surface area contributed by atoms with Gasteiger partial charge in [-0.1, -0.05) is 6.07 Å². The van der Waals surface area contributed by atoms with Crippen LogP contribution in [0.1, 0.15) is 49.2 Å². The Bertz CT molecular complexity index is 539. The van der Waals surface area contributed by atoms with Crippen molar-refractivity contribution in [1.29, 1.82) is 0 Å². The van der Waals surface area contributed by atoms with E-state index in [1.54, 1.807) is 18.2 Å². The molecule has 1 rings (SSSR count). The zero-order valence-electron chi connectivity index (χ0n) is 16.0. The molecule has 2 unspecified atom stereocenters. The molecule has 0 bridgehead atoms. The van der Waals surface area contributed by atoms with E-state index in [1.165, 1.54) is 0 Å². The van der Waals surface area contributed by atoms with Crippen LogP contribution in [-0.4, -0.2) is 56.6 Å². The first-order chi connectivity index (χ1) is 12.5. The summed E-state index contributed by atoms with van der Waals surface area (Å²) in [5, 5.41) is 13.6. The molecule has 0 heterocycles. The molecule has 0 radical (unpaired) electrons. The molecule has 4 N–H and O–H groups in total. The second-order valence-electron chi connectivity index (χ2n) is 5.98. The van der Waals surface area contributed by atoms with E-state index in [-0.39, 0.29) is 11.6 Å². The van der Waals surface area contributed by atoms with Gasteiger partial charge in [0.05, 0.1) is 18.3 Å². The maximum Gasteiger partial charge on any atom is 0.252 e. The fourth-order valence-corrected chi connectivity index (χ4v) is 2.37. The Morgan fingerprint density at radius 2 is 1.88 bits per heavy atom. The molecule has 0 aliphatic heterocycles. The molecule has 0 saturated carbocycles. The molecule has 0 fully saturated rings. The molecule has 148 valence electrons. The molecule has 26 heavy (non-hydrogen) atoms. The van der Waals surface area contributed by atoms with Gasteiger partial charge in [-0.3, -0.25) is 4.79 Å². The third kappa shape index (κ3) is 8.14. The SMILES string of the molecule is CCOCCOc1ccc(C(O)CNC(C)CCOCC)cc1C(N)=O.